The van der Waals surface area contributed by atoms with E-state index in [2.05, 4.69) is 56.8 Å². The van der Waals surface area contributed by atoms with Gasteiger partial charge in [0.15, 0.2) is 0 Å². The molecule has 2 saturated heterocycles. The summed E-state index contributed by atoms with van der Waals surface area (Å²) in [7, 11) is 6.38. The average molecular weight is 492 g/mol. The van der Waals surface area contributed by atoms with Crippen molar-refractivity contribution in [1.82, 2.24) is 24.6 Å². The molecule has 2 aliphatic rings. The van der Waals surface area contributed by atoms with Crippen molar-refractivity contribution < 1.29 is 9.84 Å². The molecule has 0 aliphatic carbocycles. The number of halogens is 1. The Balaban J connectivity index is 1.35. The Hall–Kier alpha value is -2.07. The fraction of sp³-hybridized carbons (Fsp3) is 0.522. The third kappa shape index (κ3) is 4.59. The summed E-state index contributed by atoms with van der Waals surface area (Å²) in [6, 6.07) is 4.09. The van der Waals surface area contributed by atoms with Crippen LogP contribution in [0.15, 0.2) is 24.5 Å². The number of hydrogen-bond donors (Lipinski definition) is 2. The molecule has 3 aromatic rings. The largest absolute Gasteiger partial charge is 0.389 e. The molecule has 4 heterocycles. The predicted molar refractivity (Wildman–Crippen MR) is 147 cm³/mol. The number of piperidine rings is 1. The molecule has 2 fully saturated rings. The molecule has 12 heteroatoms. The Morgan fingerprint density at radius 2 is 1.97 bits per heavy atom. The van der Waals surface area contributed by atoms with Crippen molar-refractivity contribution >= 4 is 57.7 Å². The molecule has 182 valence electrons. The fourth-order valence-electron chi connectivity index (χ4n) is 5.43. The molecule has 2 aliphatic heterocycles. The van der Waals surface area contributed by atoms with Crippen LogP contribution < -0.4 is 5.32 Å². The van der Waals surface area contributed by atoms with Gasteiger partial charge >= 0.3 is 0 Å². The van der Waals surface area contributed by atoms with Crippen molar-refractivity contribution in [1.29, 1.82) is 0 Å². The Morgan fingerprint density at radius 3 is 2.60 bits per heavy atom. The van der Waals surface area contributed by atoms with E-state index in [1.54, 1.807) is 0 Å². The molecule has 0 saturated carbocycles. The standard InChI is InChI=1S/C23H32B3ClN6O2/c1-13-19(10-29-33(13)23(24,25)26)31-21-28-9-15-7-17(27)16(8-18(15)30-21)14-3-5-32(6-4-14)22(2)12-35-11-20(22)34/h7-10,14,20,34H,3-6,11-12,24-26H2,1-2H3,(H,28,30,31)/t20-,22+/m0/s1. The zero-order valence-electron chi connectivity index (χ0n) is 21.2. The lowest BCUT2D eigenvalue weighted by molar-refractivity contribution is -0.00211. The molecule has 2 atom stereocenters. The van der Waals surface area contributed by atoms with Crippen molar-refractivity contribution in [3.05, 3.63) is 40.8 Å². The van der Waals surface area contributed by atoms with Crippen LogP contribution in [0.1, 0.15) is 36.9 Å². The van der Waals surface area contributed by atoms with Gasteiger partial charge in [-0.15, -0.1) is 0 Å². The molecule has 0 radical (unpaired) electrons. The van der Waals surface area contributed by atoms with Crippen LogP contribution in [0, 0.1) is 6.92 Å². The summed E-state index contributed by atoms with van der Waals surface area (Å²) < 4.78 is 7.54. The highest BCUT2D eigenvalue weighted by Gasteiger charge is 2.45. The number of aromatic nitrogens is 4. The number of nitrogens with zero attached hydrogens (tertiary/aromatic N) is 5. The molecular formula is C23H32B3ClN6O2. The topological polar surface area (TPSA) is 88.3 Å². The highest BCUT2D eigenvalue weighted by atomic mass is 35.5. The molecule has 0 unspecified atom stereocenters. The lowest BCUT2D eigenvalue weighted by Crippen LogP contribution is -2.56. The number of aliphatic hydroxyl groups excluding tert-OH is 1. The van der Waals surface area contributed by atoms with E-state index in [9.17, 15) is 5.11 Å². The number of hydrogen-bond acceptors (Lipinski definition) is 7. The maximum absolute atomic E-state index is 10.4. The first-order valence-electron chi connectivity index (χ1n) is 12.4. The molecular weight excluding hydrogens is 460 g/mol. The molecule has 8 nitrogen and oxygen atoms in total. The van der Waals surface area contributed by atoms with Crippen molar-refractivity contribution in [2.45, 2.75) is 49.5 Å². The van der Waals surface area contributed by atoms with Gasteiger partial charge < -0.3 is 15.2 Å². The molecule has 0 amide bonds. The molecule has 2 aromatic heterocycles. The minimum atomic E-state index is -0.440. The normalized spacial score (nSPS) is 24.3. The SMILES string of the molecule is BC(B)(B)n1ncc(Nc2ncc3cc(Cl)c(C4CCN([C@]5(C)COC[C@@H]5O)CC4)cc3n2)c1C. The second-order valence-corrected chi connectivity index (χ2v) is 11.5. The number of fused-ring (bicyclic) bond motifs is 1. The Labute approximate surface area is 214 Å². The van der Waals surface area contributed by atoms with E-state index in [-0.39, 0.29) is 10.8 Å². The summed E-state index contributed by atoms with van der Waals surface area (Å²) in [5.74, 6) is 0.894. The van der Waals surface area contributed by atoms with Crippen molar-refractivity contribution in [3.63, 3.8) is 0 Å². The fourth-order valence-corrected chi connectivity index (χ4v) is 5.75. The summed E-state index contributed by atoms with van der Waals surface area (Å²) in [5.41, 5.74) is 3.64. The van der Waals surface area contributed by atoms with E-state index in [1.165, 1.54) is 0 Å². The van der Waals surface area contributed by atoms with Gasteiger partial charge in [0, 0.05) is 16.6 Å². The molecule has 35 heavy (non-hydrogen) atoms. The lowest BCUT2D eigenvalue weighted by Gasteiger charge is -2.43. The van der Waals surface area contributed by atoms with Crippen LogP contribution in [0.2, 0.25) is 5.02 Å². The van der Waals surface area contributed by atoms with E-state index in [0.717, 1.165) is 58.8 Å². The van der Waals surface area contributed by atoms with Crippen molar-refractivity contribution in [3.8, 4) is 0 Å². The summed E-state index contributed by atoms with van der Waals surface area (Å²) >= 11 is 6.73. The summed E-state index contributed by atoms with van der Waals surface area (Å²) in [6.07, 6.45) is 5.16. The van der Waals surface area contributed by atoms with E-state index in [0.29, 0.717) is 25.1 Å². The first-order chi connectivity index (χ1) is 16.6. The number of anilines is 2. The van der Waals surface area contributed by atoms with Crippen LogP contribution in [0.4, 0.5) is 11.6 Å². The smallest absolute Gasteiger partial charge is 0.227 e. The second-order valence-electron chi connectivity index (χ2n) is 11.1. The quantitative estimate of drug-likeness (QED) is 0.497. The van der Waals surface area contributed by atoms with Crippen molar-refractivity contribution in [2.75, 3.05) is 31.6 Å². The van der Waals surface area contributed by atoms with Crippen LogP contribution in [-0.2, 0) is 9.97 Å². The first-order valence-corrected chi connectivity index (χ1v) is 12.7. The van der Waals surface area contributed by atoms with Crippen LogP contribution in [0.3, 0.4) is 0 Å². The van der Waals surface area contributed by atoms with Crippen LogP contribution in [0.5, 0.6) is 0 Å². The van der Waals surface area contributed by atoms with Crippen LogP contribution >= 0.6 is 11.6 Å². The third-order valence-corrected chi connectivity index (χ3v) is 7.96. The second kappa shape index (κ2) is 9.10. The van der Waals surface area contributed by atoms with Gasteiger partial charge in [-0.2, -0.15) is 5.10 Å². The zero-order chi connectivity index (χ0) is 25.0. The van der Waals surface area contributed by atoms with Crippen molar-refractivity contribution in [2.24, 2.45) is 0 Å². The lowest BCUT2D eigenvalue weighted by atomic mass is 9.49. The van der Waals surface area contributed by atoms with E-state index >= 15 is 0 Å². The number of rotatable bonds is 5. The minimum absolute atomic E-state index is 0.101. The number of likely N-dealkylation sites (tertiary alicyclic amines) is 1. The van der Waals surface area contributed by atoms with Gasteiger partial charge in [-0.1, -0.05) is 11.6 Å². The monoisotopic (exact) mass is 492 g/mol. The van der Waals surface area contributed by atoms with E-state index in [1.807, 2.05) is 30.1 Å². The van der Waals surface area contributed by atoms with Gasteiger partial charge in [0.05, 0.1) is 48.0 Å². The molecule has 0 spiro atoms. The minimum Gasteiger partial charge on any atom is -0.389 e. The van der Waals surface area contributed by atoms with E-state index in [4.69, 9.17) is 21.3 Å². The molecule has 5 rings (SSSR count). The number of aliphatic hydroxyl groups is 1. The average Bonchev–Trinajstić information content (AvgIpc) is 3.36. The molecule has 1 aromatic carbocycles. The molecule has 0 bridgehead atoms. The highest BCUT2D eigenvalue weighted by molar-refractivity contribution is 6.56. The number of benzene rings is 1. The maximum atomic E-state index is 10.4. The Kier molecular flexibility index (Phi) is 6.41. The predicted octanol–water partition coefficient (Wildman–Crippen LogP) is 0.328. The van der Waals surface area contributed by atoms with Gasteiger partial charge in [-0.3, -0.25) is 9.58 Å². The Bertz CT molecular complexity index is 1240. The Morgan fingerprint density at radius 1 is 1.23 bits per heavy atom. The summed E-state index contributed by atoms with van der Waals surface area (Å²) in [5, 5.41) is 19.9. The van der Waals surface area contributed by atoms with Gasteiger partial charge in [-0.05, 0) is 68.6 Å². The molecule has 2 N–H and O–H groups in total. The van der Waals surface area contributed by atoms with Gasteiger partial charge in [0.25, 0.3) is 0 Å². The summed E-state index contributed by atoms with van der Waals surface area (Å²) in [6.45, 7) is 6.96. The maximum Gasteiger partial charge on any atom is 0.227 e. The zero-order valence-corrected chi connectivity index (χ0v) is 21.9. The highest BCUT2D eigenvalue weighted by Crippen LogP contribution is 2.38. The van der Waals surface area contributed by atoms with Gasteiger partial charge in [0.1, 0.15) is 23.5 Å². The number of nitrogens with one attached hydrogen (secondary N) is 1. The van der Waals surface area contributed by atoms with Gasteiger partial charge in [0.2, 0.25) is 5.95 Å². The summed E-state index contributed by atoms with van der Waals surface area (Å²) in [4.78, 5) is 11.7. The third-order valence-electron chi connectivity index (χ3n) is 7.64. The van der Waals surface area contributed by atoms with E-state index < -0.39 is 6.10 Å². The number of ether oxygens (including phenoxy) is 1. The van der Waals surface area contributed by atoms with Crippen LogP contribution in [0.25, 0.3) is 10.9 Å². The first kappa shape index (κ1) is 24.6. The van der Waals surface area contributed by atoms with Crippen LogP contribution in [-0.4, -0.2) is 91.2 Å². The van der Waals surface area contributed by atoms with Gasteiger partial charge in [-0.25, -0.2) is 9.97 Å².